The van der Waals surface area contributed by atoms with E-state index in [2.05, 4.69) is 22.2 Å². The number of thiophene rings is 1. The summed E-state index contributed by atoms with van der Waals surface area (Å²) in [5, 5.41) is 8.11. The number of nitrogens with zero attached hydrogens (tertiary/aromatic N) is 2. The minimum Gasteiger partial charge on any atom is -0.369 e. The van der Waals surface area contributed by atoms with Gasteiger partial charge in [0.2, 0.25) is 0 Å². The second-order valence-corrected chi connectivity index (χ2v) is 5.28. The van der Waals surface area contributed by atoms with Gasteiger partial charge in [-0.3, -0.25) is 0 Å². The summed E-state index contributed by atoms with van der Waals surface area (Å²) in [4.78, 5) is 9.04. The molecule has 5 heteroatoms. The first-order chi connectivity index (χ1) is 9.78. The van der Waals surface area contributed by atoms with Gasteiger partial charge in [-0.05, 0) is 30.0 Å². The average molecular weight is 287 g/mol. The third-order valence-corrected chi connectivity index (χ3v) is 3.66. The fraction of sp³-hybridized carbons (Fsp3) is 0.200. The topological polar surface area (TPSA) is 37.8 Å². The first-order valence-corrected chi connectivity index (χ1v) is 7.46. The van der Waals surface area contributed by atoms with E-state index >= 15 is 0 Å². The second-order valence-electron chi connectivity index (χ2n) is 4.50. The van der Waals surface area contributed by atoms with Crippen molar-refractivity contribution in [1.82, 2.24) is 9.97 Å². The zero-order valence-electron chi connectivity index (χ0n) is 11.1. The van der Waals surface area contributed by atoms with Crippen LogP contribution >= 0.6 is 11.3 Å². The Morgan fingerprint density at radius 3 is 2.90 bits per heavy atom. The molecule has 0 bridgehead atoms. The van der Waals surface area contributed by atoms with E-state index < -0.39 is 0 Å². The number of hydrogen-bond acceptors (Lipinski definition) is 4. The minimum atomic E-state index is -0.283. The summed E-state index contributed by atoms with van der Waals surface area (Å²) in [6.07, 6.45) is 1.00. The Morgan fingerprint density at radius 1 is 1.25 bits per heavy atom. The van der Waals surface area contributed by atoms with Crippen LogP contribution in [0.5, 0.6) is 0 Å². The van der Waals surface area contributed by atoms with Gasteiger partial charge in [0.15, 0.2) is 5.82 Å². The number of aromatic nitrogens is 2. The van der Waals surface area contributed by atoms with Crippen molar-refractivity contribution in [3.8, 4) is 11.4 Å². The molecule has 102 valence electrons. The zero-order valence-corrected chi connectivity index (χ0v) is 11.9. The standard InChI is InChI=1S/C15H14FN3S/c1-2-6-17-15-12-4-3-11(16)8-13(12)18-14(19-15)10-5-7-20-9-10/h3-5,7-9H,2,6H2,1H3,(H,17,18,19). The molecular weight excluding hydrogens is 273 g/mol. The third-order valence-electron chi connectivity index (χ3n) is 2.98. The van der Waals surface area contributed by atoms with Gasteiger partial charge in [0.05, 0.1) is 5.52 Å². The van der Waals surface area contributed by atoms with E-state index in [4.69, 9.17) is 0 Å². The van der Waals surface area contributed by atoms with Crippen molar-refractivity contribution in [2.45, 2.75) is 13.3 Å². The molecule has 0 aliphatic rings. The lowest BCUT2D eigenvalue weighted by Gasteiger charge is -2.09. The van der Waals surface area contributed by atoms with E-state index in [1.807, 2.05) is 16.8 Å². The van der Waals surface area contributed by atoms with Crippen LogP contribution in [0.3, 0.4) is 0 Å². The van der Waals surface area contributed by atoms with Crippen LogP contribution in [-0.4, -0.2) is 16.5 Å². The van der Waals surface area contributed by atoms with E-state index in [-0.39, 0.29) is 5.82 Å². The summed E-state index contributed by atoms with van der Waals surface area (Å²) in [6, 6.07) is 6.58. The zero-order chi connectivity index (χ0) is 13.9. The molecule has 0 spiro atoms. The first-order valence-electron chi connectivity index (χ1n) is 6.51. The summed E-state index contributed by atoms with van der Waals surface area (Å²) in [5.41, 5.74) is 1.58. The monoisotopic (exact) mass is 287 g/mol. The number of rotatable bonds is 4. The van der Waals surface area contributed by atoms with Crippen molar-refractivity contribution in [3.05, 3.63) is 40.8 Å². The van der Waals surface area contributed by atoms with E-state index in [1.165, 1.54) is 12.1 Å². The lowest BCUT2D eigenvalue weighted by Crippen LogP contribution is -2.04. The second kappa shape index (κ2) is 5.54. The van der Waals surface area contributed by atoms with Crippen LogP contribution < -0.4 is 5.32 Å². The van der Waals surface area contributed by atoms with Gasteiger partial charge >= 0.3 is 0 Å². The van der Waals surface area contributed by atoms with Crippen LogP contribution in [0.1, 0.15) is 13.3 Å². The maximum atomic E-state index is 13.4. The predicted octanol–water partition coefficient (Wildman–Crippen LogP) is 4.32. The molecule has 20 heavy (non-hydrogen) atoms. The summed E-state index contributed by atoms with van der Waals surface area (Å²) in [5.74, 6) is 1.11. The third kappa shape index (κ3) is 2.49. The Hall–Kier alpha value is -2.01. The highest BCUT2D eigenvalue weighted by atomic mass is 32.1. The van der Waals surface area contributed by atoms with Crippen molar-refractivity contribution in [2.24, 2.45) is 0 Å². The summed E-state index contributed by atoms with van der Waals surface area (Å²) in [7, 11) is 0. The number of hydrogen-bond donors (Lipinski definition) is 1. The van der Waals surface area contributed by atoms with Crippen molar-refractivity contribution in [2.75, 3.05) is 11.9 Å². The number of anilines is 1. The van der Waals surface area contributed by atoms with Crippen LogP contribution in [-0.2, 0) is 0 Å². The van der Waals surface area contributed by atoms with Crippen LogP contribution in [0.25, 0.3) is 22.3 Å². The Labute approximate surface area is 120 Å². The largest absolute Gasteiger partial charge is 0.369 e. The number of benzene rings is 1. The smallest absolute Gasteiger partial charge is 0.162 e. The van der Waals surface area contributed by atoms with Gasteiger partial charge in [-0.15, -0.1) is 0 Å². The molecule has 3 rings (SSSR count). The molecule has 0 atom stereocenters. The maximum Gasteiger partial charge on any atom is 0.162 e. The molecule has 0 aliphatic carbocycles. The lowest BCUT2D eigenvalue weighted by atomic mass is 10.2. The van der Waals surface area contributed by atoms with E-state index in [1.54, 1.807) is 17.4 Å². The first kappa shape index (κ1) is 13.0. The van der Waals surface area contributed by atoms with Gasteiger partial charge in [-0.1, -0.05) is 6.92 Å². The molecule has 2 aromatic heterocycles. The van der Waals surface area contributed by atoms with Crippen LogP contribution in [0, 0.1) is 5.82 Å². The summed E-state index contributed by atoms with van der Waals surface area (Å²) < 4.78 is 13.4. The maximum absolute atomic E-state index is 13.4. The number of nitrogens with one attached hydrogen (secondary N) is 1. The average Bonchev–Trinajstić information content (AvgIpc) is 2.98. The fourth-order valence-electron chi connectivity index (χ4n) is 2.00. The highest BCUT2D eigenvalue weighted by molar-refractivity contribution is 7.08. The van der Waals surface area contributed by atoms with Crippen molar-refractivity contribution >= 4 is 28.1 Å². The Morgan fingerprint density at radius 2 is 2.15 bits per heavy atom. The molecule has 3 aromatic rings. The van der Waals surface area contributed by atoms with E-state index in [9.17, 15) is 4.39 Å². The molecule has 0 amide bonds. The molecule has 1 aromatic carbocycles. The lowest BCUT2D eigenvalue weighted by molar-refractivity contribution is 0.629. The Kier molecular flexibility index (Phi) is 3.60. The highest BCUT2D eigenvalue weighted by Crippen LogP contribution is 2.26. The Bertz CT molecular complexity index is 725. The molecule has 1 N–H and O–H groups in total. The van der Waals surface area contributed by atoms with Crippen molar-refractivity contribution in [3.63, 3.8) is 0 Å². The molecule has 2 heterocycles. The van der Waals surface area contributed by atoms with E-state index in [0.29, 0.717) is 11.3 Å². The quantitative estimate of drug-likeness (QED) is 0.776. The molecule has 0 saturated carbocycles. The molecule has 0 fully saturated rings. The van der Waals surface area contributed by atoms with E-state index in [0.717, 1.165) is 29.7 Å². The van der Waals surface area contributed by atoms with Crippen LogP contribution in [0.2, 0.25) is 0 Å². The summed E-state index contributed by atoms with van der Waals surface area (Å²) in [6.45, 7) is 2.92. The number of fused-ring (bicyclic) bond motifs is 1. The fourth-order valence-corrected chi connectivity index (χ4v) is 2.64. The Balaban J connectivity index is 2.17. The van der Waals surface area contributed by atoms with Crippen molar-refractivity contribution < 1.29 is 4.39 Å². The highest BCUT2D eigenvalue weighted by Gasteiger charge is 2.10. The summed E-state index contributed by atoms with van der Waals surface area (Å²) >= 11 is 1.59. The molecule has 0 saturated heterocycles. The predicted molar refractivity (Wildman–Crippen MR) is 81.6 cm³/mol. The van der Waals surface area contributed by atoms with Gasteiger partial charge < -0.3 is 5.32 Å². The van der Waals surface area contributed by atoms with Gasteiger partial charge in [-0.2, -0.15) is 11.3 Å². The SMILES string of the molecule is CCCNc1nc(-c2ccsc2)nc2cc(F)ccc12. The molecule has 3 nitrogen and oxygen atoms in total. The van der Waals surface area contributed by atoms with Gasteiger partial charge in [0.1, 0.15) is 11.6 Å². The van der Waals surface area contributed by atoms with Crippen molar-refractivity contribution in [1.29, 1.82) is 0 Å². The number of halogens is 1. The molecule has 0 radical (unpaired) electrons. The molecule has 0 unspecified atom stereocenters. The van der Waals surface area contributed by atoms with Crippen LogP contribution in [0.4, 0.5) is 10.2 Å². The van der Waals surface area contributed by atoms with Crippen LogP contribution in [0.15, 0.2) is 35.0 Å². The van der Waals surface area contributed by atoms with Gasteiger partial charge in [0.25, 0.3) is 0 Å². The molecular formula is C15H14FN3S. The molecule has 0 aliphatic heterocycles. The van der Waals surface area contributed by atoms with Gasteiger partial charge in [-0.25, -0.2) is 14.4 Å². The minimum absolute atomic E-state index is 0.283. The van der Waals surface area contributed by atoms with Gasteiger partial charge in [0, 0.05) is 28.9 Å². The normalized spacial score (nSPS) is 10.9.